The van der Waals surface area contributed by atoms with Crippen LogP contribution in [0.2, 0.25) is 0 Å². The number of ether oxygens (including phenoxy) is 1. The first kappa shape index (κ1) is 14.5. The number of hydrogen-bond acceptors (Lipinski definition) is 3. The van der Waals surface area contributed by atoms with E-state index in [1.165, 1.54) is 25.7 Å². The summed E-state index contributed by atoms with van der Waals surface area (Å²) in [6, 6.07) is 6.17. The molecule has 1 amide bonds. The lowest BCUT2D eigenvalue weighted by Gasteiger charge is -2.18. The second-order valence-corrected chi connectivity index (χ2v) is 4.86. The minimum atomic E-state index is -0.557. The molecule has 108 valence electrons. The molecule has 0 atom stereocenters. The Kier molecular flexibility index (Phi) is 5.09. The molecule has 20 heavy (non-hydrogen) atoms. The third-order valence-electron chi connectivity index (χ3n) is 3.41. The van der Waals surface area contributed by atoms with Crippen LogP contribution in [0.4, 0.5) is 4.39 Å². The van der Waals surface area contributed by atoms with Crippen LogP contribution in [0.3, 0.4) is 0 Å². The van der Waals surface area contributed by atoms with Crippen molar-refractivity contribution in [3.05, 3.63) is 35.6 Å². The minimum absolute atomic E-state index is 0.0131. The Bertz CT molecular complexity index is 496. The summed E-state index contributed by atoms with van der Waals surface area (Å²) in [4.78, 5) is 16.4. The fraction of sp³-hybridized carbons (Fsp3) is 0.467. The topological polar surface area (TPSA) is 50.7 Å². The van der Waals surface area contributed by atoms with Gasteiger partial charge in [0.15, 0.2) is 0 Å². The van der Waals surface area contributed by atoms with E-state index >= 15 is 0 Å². The van der Waals surface area contributed by atoms with Crippen LogP contribution in [0, 0.1) is 5.82 Å². The average molecular weight is 278 g/mol. The second kappa shape index (κ2) is 7.03. The van der Waals surface area contributed by atoms with Gasteiger partial charge in [0.1, 0.15) is 5.82 Å². The number of carbonyl (C=O) groups excluding carboxylic acids is 1. The van der Waals surface area contributed by atoms with Crippen LogP contribution in [-0.2, 0) is 4.74 Å². The molecule has 1 aliphatic rings. The molecule has 2 rings (SSSR count). The van der Waals surface area contributed by atoms with Crippen LogP contribution >= 0.6 is 0 Å². The van der Waals surface area contributed by atoms with Crippen molar-refractivity contribution in [3.63, 3.8) is 0 Å². The number of rotatable bonds is 2. The van der Waals surface area contributed by atoms with E-state index in [0.717, 1.165) is 25.7 Å². The van der Waals surface area contributed by atoms with Crippen LogP contribution < -0.4 is 5.32 Å². The number of nitrogens with zero attached hydrogens (tertiary/aromatic N) is 1. The molecule has 1 aliphatic carbocycles. The van der Waals surface area contributed by atoms with E-state index in [1.807, 2.05) is 0 Å². The summed E-state index contributed by atoms with van der Waals surface area (Å²) in [5.41, 5.74) is -0.0131. The van der Waals surface area contributed by atoms with E-state index < -0.39 is 11.7 Å². The highest BCUT2D eigenvalue weighted by molar-refractivity contribution is 6.04. The maximum atomic E-state index is 13.5. The number of carbonyl (C=O) groups is 1. The third kappa shape index (κ3) is 3.79. The Morgan fingerprint density at radius 1 is 1.30 bits per heavy atom. The summed E-state index contributed by atoms with van der Waals surface area (Å²) in [5, 5.41) is 2.52. The van der Waals surface area contributed by atoms with Crippen LogP contribution in [0.25, 0.3) is 0 Å². The van der Waals surface area contributed by atoms with Crippen molar-refractivity contribution in [1.82, 2.24) is 5.32 Å². The van der Waals surface area contributed by atoms with Crippen LogP contribution in [0.5, 0.6) is 0 Å². The number of nitrogens with one attached hydrogen (secondary N) is 1. The highest BCUT2D eigenvalue weighted by Crippen LogP contribution is 2.20. The largest absolute Gasteiger partial charge is 0.468 e. The van der Waals surface area contributed by atoms with Crippen molar-refractivity contribution < 1.29 is 13.9 Å². The van der Waals surface area contributed by atoms with Gasteiger partial charge in [-0.25, -0.2) is 9.38 Å². The number of amides is 1. The molecule has 5 heteroatoms. The molecule has 0 spiro atoms. The lowest BCUT2D eigenvalue weighted by Crippen LogP contribution is -2.33. The van der Waals surface area contributed by atoms with Crippen molar-refractivity contribution in [2.45, 2.75) is 38.1 Å². The maximum Gasteiger partial charge on any atom is 0.291 e. The van der Waals surface area contributed by atoms with E-state index in [1.54, 1.807) is 12.1 Å². The molecule has 1 aromatic rings. The van der Waals surface area contributed by atoms with Gasteiger partial charge in [0.25, 0.3) is 11.9 Å². The van der Waals surface area contributed by atoms with Gasteiger partial charge >= 0.3 is 0 Å². The van der Waals surface area contributed by atoms with Gasteiger partial charge in [-0.2, -0.15) is 0 Å². The average Bonchev–Trinajstić information content (AvgIpc) is 2.48. The molecular formula is C15H19FN2O2. The molecule has 0 saturated heterocycles. The lowest BCUT2D eigenvalue weighted by atomic mass is 9.96. The summed E-state index contributed by atoms with van der Waals surface area (Å²) in [6.07, 6.45) is 5.53. The zero-order valence-corrected chi connectivity index (χ0v) is 11.6. The van der Waals surface area contributed by atoms with E-state index in [-0.39, 0.29) is 17.6 Å². The Morgan fingerprint density at radius 3 is 2.65 bits per heavy atom. The summed E-state index contributed by atoms with van der Waals surface area (Å²) >= 11 is 0. The van der Waals surface area contributed by atoms with Crippen molar-refractivity contribution in [2.24, 2.45) is 4.99 Å². The van der Waals surface area contributed by atoms with Crippen LogP contribution in [0.1, 0.15) is 42.5 Å². The fourth-order valence-corrected chi connectivity index (χ4v) is 2.32. The Labute approximate surface area is 118 Å². The number of amidine groups is 1. The minimum Gasteiger partial charge on any atom is -0.468 e. The van der Waals surface area contributed by atoms with Gasteiger partial charge in [-0.3, -0.25) is 10.1 Å². The predicted molar refractivity (Wildman–Crippen MR) is 75.2 cm³/mol. The van der Waals surface area contributed by atoms with Gasteiger partial charge in [-0.05, 0) is 25.0 Å². The molecule has 0 unspecified atom stereocenters. The standard InChI is InChI=1S/C15H19FN2O2/c1-20-15(17-11-7-3-2-4-8-11)18-14(19)12-9-5-6-10-13(12)16/h5-6,9-11H,2-4,7-8H2,1H3,(H,17,18,19). The first-order chi connectivity index (χ1) is 9.70. The highest BCUT2D eigenvalue weighted by Gasteiger charge is 2.17. The van der Waals surface area contributed by atoms with Gasteiger partial charge in [-0.1, -0.05) is 31.4 Å². The van der Waals surface area contributed by atoms with Gasteiger partial charge in [0.2, 0.25) is 0 Å². The molecular weight excluding hydrogens is 259 g/mol. The molecule has 1 aromatic carbocycles. The predicted octanol–water partition coefficient (Wildman–Crippen LogP) is 2.89. The molecule has 0 heterocycles. The Hall–Kier alpha value is -1.91. The third-order valence-corrected chi connectivity index (χ3v) is 3.41. The summed E-state index contributed by atoms with van der Waals surface area (Å²) in [5.74, 6) is -1.10. The first-order valence-electron chi connectivity index (χ1n) is 6.88. The van der Waals surface area contributed by atoms with Gasteiger partial charge in [0.05, 0.1) is 18.7 Å². The van der Waals surface area contributed by atoms with E-state index in [9.17, 15) is 9.18 Å². The van der Waals surface area contributed by atoms with Crippen molar-refractivity contribution >= 4 is 11.9 Å². The number of halogens is 1. The van der Waals surface area contributed by atoms with E-state index in [2.05, 4.69) is 10.3 Å². The number of methoxy groups -OCH3 is 1. The molecule has 0 bridgehead atoms. The molecule has 1 N–H and O–H groups in total. The van der Waals surface area contributed by atoms with E-state index in [4.69, 9.17) is 4.74 Å². The fourth-order valence-electron chi connectivity index (χ4n) is 2.32. The molecule has 0 radical (unpaired) electrons. The quantitative estimate of drug-likeness (QED) is 0.668. The number of aliphatic imine (C=N–C) groups is 1. The lowest BCUT2D eigenvalue weighted by molar-refractivity contribution is 0.0964. The summed E-state index contributed by atoms with van der Waals surface area (Å²) in [6.45, 7) is 0. The van der Waals surface area contributed by atoms with Crippen LogP contribution in [0.15, 0.2) is 29.3 Å². The van der Waals surface area contributed by atoms with E-state index in [0.29, 0.717) is 0 Å². The highest BCUT2D eigenvalue weighted by atomic mass is 19.1. The number of benzene rings is 1. The number of hydrogen-bond donors (Lipinski definition) is 1. The van der Waals surface area contributed by atoms with Gasteiger partial charge in [0, 0.05) is 0 Å². The zero-order chi connectivity index (χ0) is 14.4. The maximum absolute atomic E-state index is 13.5. The first-order valence-corrected chi connectivity index (χ1v) is 6.88. The van der Waals surface area contributed by atoms with Crippen molar-refractivity contribution in [1.29, 1.82) is 0 Å². The smallest absolute Gasteiger partial charge is 0.291 e. The SMILES string of the molecule is COC(=NC1CCCCC1)NC(=O)c1ccccc1F. The summed E-state index contributed by atoms with van der Waals surface area (Å²) in [7, 11) is 1.45. The Morgan fingerprint density at radius 2 is 2.00 bits per heavy atom. The van der Waals surface area contributed by atoms with Gasteiger partial charge < -0.3 is 4.74 Å². The molecule has 1 fully saturated rings. The van der Waals surface area contributed by atoms with Crippen LogP contribution in [-0.4, -0.2) is 25.1 Å². The van der Waals surface area contributed by atoms with Crippen molar-refractivity contribution in [3.8, 4) is 0 Å². The molecule has 0 aliphatic heterocycles. The molecule has 4 nitrogen and oxygen atoms in total. The summed E-state index contributed by atoms with van der Waals surface area (Å²) < 4.78 is 18.6. The van der Waals surface area contributed by atoms with Gasteiger partial charge in [-0.15, -0.1) is 0 Å². The Balaban J connectivity index is 2.04. The zero-order valence-electron chi connectivity index (χ0n) is 11.6. The normalized spacial score (nSPS) is 16.8. The van der Waals surface area contributed by atoms with Crippen molar-refractivity contribution in [2.75, 3.05) is 7.11 Å². The monoisotopic (exact) mass is 278 g/mol. The second-order valence-electron chi connectivity index (χ2n) is 4.86. The molecule has 1 saturated carbocycles. The molecule has 0 aromatic heterocycles.